The molecule has 0 bridgehead atoms. The second kappa shape index (κ2) is 5.21. The molecule has 3 N–H and O–H groups in total. The van der Waals surface area contributed by atoms with Crippen LogP contribution in [0.1, 0.15) is 25.7 Å². The average molecular weight is 313 g/mol. The number of nitrogens with zero attached hydrogens (tertiary/aromatic N) is 1. The molecule has 0 unspecified atom stereocenters. The van der Waals surface area contributed by atoms with Crippen LogP contribution in [0.15, 0.2) is 11.3 Å². The van der Waals surface area contributed by atoms with E-state index in [0.29, 0.717) is 55.7 Å². The van der Waals surface area contributed by atoms with E-state index in [1.165, 1.54) is 7.11 Å². The van der Waals surface area contributed by atoms with Gasteiger partial charge in [-0.15, -0.1) is 0 Å². The molecule has 1 aliphatic heterocycles. The van der Waals surface area contributed by atoms with Gasteiger partial charge in [0.2, 0.25) is 0 Å². The minimum atomic E-state index is -2.99. The summed E-state index contributed by atoms with van der Waals surface area (Å²) in [5.74, 6) is -2.01. The highest BCUT2D eigenvalue weighted by Crippen LogP contribution is 2.54. The number of esters is 1. The highest BCUT2D eigenvalue weighted by molar-refractivity contribution is 5.97. The predicted octanol–water partition coefficient (Wildman–Crippen LogP) is 1.74. The van der Waals surface area contributed by atoms with Crippen molar-refractivity contribution in [2.75, 3.05) is 20.2 Å². The molecular formula is C15H21F2N3O2. The normalized spacial score (nSPS) is 32.7. The zero-order valence-corrected chi connectivity index (χ0v) is 12.6. The van der Waals surface area contributed by atoms with Gasteiger partial charge in [-0.3, -0.25) is 10.2 Å². The van der Waals surface area contributed by atoms with E-state index < -0.39 is 11.6 Å². The SMILES string of the molecule is COC(=O)C[C@@H]1[C@H]2CN(C(=N)C3=C(N)C(F)(F)CCC3)C[C@@H]12. The molecule has 3 aliphatic rings. The summed E-state index contributed by atoms with van der Waals surface area (Å²) in [6.45, 7) is 1.29. The topological polar surface area (TPSA) is 79.4 Å². The number of nitrogens with two attached hydrogens (primary N) is 1. The van der Waals surface area contributed by atoms with Crippen molar-refractivity contribution in [2.24, 2.45) is 23.5 Å². The van der Waals surface area contributed by atoms with Gasteiger partial charge in [-0.2, -0.15) is 8.78 Å². The van der Waals surface area contributed by atoms with Crippen LogP contribution < -0.4 is 5.73 Å². The van der Waals surface area contributed by atoms with Gasteiger partial charge in [0.05, 0.1) is 12.8 Å². The lowest BCUT2D eigenvalue weighted by atomic mass is 9.92. The number of methoxy groups -OCH3 is 1. The number of piperidine rings is 1. The first-order valence-corrected chi connectivity index (χ1v) is 7.62. The molecule has 0 aromatic carbocycles. The Morgan fingerprint density at radius 2 is 2.09 bits per heavy atom. The van der Waals surface area contributed by atoms with Crippen LogP contribution in [0.4, 0.5) is 8.78 Å². The van der Waals surface area contributed by atoms with Crippen LogP contribution in [0.5, 0.6) is 0 Å². The third kappa shape index (κ3) is 2.46. The van der Waals surface area contributed by atoms with Gasteiger partial charge < -0.3 is 15.4 Å². The van der Waals surface area contributed by atoms with Gasteiger partial charge in [0.15, 0.2) is 0 Å². The maximum Gasteiger partial charge on any atom is 0.305 e. The fourth-order valence-electron chi connectivity index (χ4n) is 3.82. The standard InChI is InChI=1S/C15H21F2N3O2/c1-22-12(21)5-9-10-6-20(7-11(9)10)14(19)8-3-2-4-15(16,17)13(8)18/h9-11,19H,2-7,18H2,1H3/t9-,10-,11+. The molecule has 7 heteroatoms. The summed E-state index contributed by atoms with van der Waals surface area (Å²) in [4.78, 5) is 13.1. The Morgan fingerprint density at radius 1 is 1.45 bits per heavy atom. The summed E-state index contributed by atoms with van der Waals surface area (Å²) in [5, 5.41) is 8.20. The van der Waals surface area contributed by atoms with Gasteiger partial charge in [-0.1, -0.05) is 0 Å². The third-order valence-corrected chi connectivity index (χ3v) is 5.24. The third-order valence-electron chi connectivity index (χ3n) is 5.24. The van der Waals surface area contributed by atoms with Crippen LogP contribution in [0.2, 0.25) is 0 Å². The van der Waals surface area contributed by atoms with Gasteiger partial charge in [-0.05, 0) is 30.6 Å². The van der Waals surface area contributed by atoms with Crippen molar-refractivity contribution in [3.05, 3.63) is 11.3 Å². The highest BCUT2D eigenvalue weighted by Gasteiger charge is 2.57. The molecule has 1 heterocycles. The monoisotopic (exact) mass is 313 g/mol. The second-order valence-corrected chi connectivity index (χ2v) is 6.48. The van der Waals surface area contributed by atoms with Gasteiger partial charge in [-0.25, -0.2) is 0 Å². The second-order valence-electron chi connectivity index (χ2n) is 6.48. The average Bonchev–Trinajstić information content (AvgIpc) is 2.92. The Balaban J connectivity index is 1.62. The Hall–Kier alpha value is -1.66. The lowest BCUT2D eigenvalue weighted by Gasteiger charge is -2.30. The molecule has 122 valence electrons. The zero-order chi connectivity index (χ0) is 16.1. The molecule has 3 atom stereocenters. The molecule has 0 radical (unpaired) electrons. The Kier molecular flexibility index (Phi) is 3.61. The molecule has 0 amide bonds. The lowest BCUT2D eigenvalue weighted by Crippen LogP contribution is -2.38. The zero-order valence-electron chi connectivity index (χ0n) is 12.6. The van der Waals surface area contributed by atoms with E-state index in [4.69, 9.17) is 11.1 Å². The minimum absolute atomic E-state index is 0.140. The summed E-state index contributed by atoms with van der Waals surface area (Å²) >= 11 is 0. The predicted molar refractivity (Wildman–Crippen MR) is 76.4 cm³/mol. The first kappa shape index (κ1) is 15.2. The van der Waals surface area contributed by atoms with Crippen molar-refractivity contribution in [1.29, 1.82) is 5.41 Å². The molecule has 22 heavy (non-hydrogen) atoms. The number of hydrogen-bond acceptors (Lipinski definition) is 4. The van der Waals surface area contributed by atoms with E-state index in [2.05, 4.69) is 4.74 Å². The van der Waals surface area contributed by atoms with E-state index in [1.54, 1.807) is 0 Å². The van der Waals surface area contributed by atoms with Crippen LogP contribution in [0, 0.1) is 23.2 Å². The fourth-order valence-corrected chi connectivity index (χ4v) is 3.82. The number of carbonyl (C=O) groups is 1. The van der Waals surface area contributed by atoms with Crippen molar-refractivity contribution < 1.29 is 18.3 Å². The van der Waals surface area contributed by atoms with Crippen LogP contribution in [0.25, 0.3) is 0 Å². The van der Waals surface area contributed by atoms with E-state index in [1.807, 2.05) is 4.90 Å². The molecular weight excluding hydrogens is 292 g/mol. The minimum Gasteiger partial charge on any atom is -0.469 e. The number of carbonyl (C=O) groups excluding carboxylic acids is 1. The first-order valence-electron chi connectivity index (χ1n) is 7.62. The number of ether oxygens (including phenoxy) is 1. The van der Waals surface area contributed by atoms with Gasteiger partial charge in [0.1, 0.15) is 5.84 Å². The van der Waals surface area contributed by atoms with Gasteiger partial charge in [0, 0.05) is 31.5 Å². The van der Waals surface area contributed by atoms with Crippen LogP contribution >= 0.6 is 0 Å². The highest BCUT2D eigenvalue weighted by atomic mass is 19.3. The summed E-state index contributed by atoms with van der Waals surface area (Å²) in [6.07, 6.45) is 0.979. The van der Waals surface area contributed by atoms with Crippen molar-refractivity contribution in [1.82, 2.24) is 4.90 Å². The van der Waals surface area contributed by atoms with E-state index >= 15 is 0 Å². The number of alkyl halides is 2. The summed E-state index contributed by atoms with van der Waals surface area (Å²) in [7, 11) is 1.38. The Bertz CT molecular complexity index is 535. The van der Waals surface area contributed by atoms with E-state index in [0.717, 1.165) is 0 Å². The Labute approximate surface area is 128 Å². The fraction of sp³-hybridized carbons (Fsp3) is 0.733. The van der Waals surface area contributed by atoms with Crippen molar-refractivity contribution in [2.45, 2.75) is 31.6 Å². The summed E-state index contributed by atoms with van der Waals surface area (Å²) in [5.41, 5.74) is 5.44. The number of hydrogen-bond donors (Lipinski definition) is 2. The maximum absolute atomic E-state index is 13.7. The summed E-state index contributed by atoms with van der Waals surface area (Å²) in [6, 6.07) is 0. The number of fused-ring (bicyclic) bond motifs is 1. The number of likely N-dealkylation sites (tertiary alicyclic amines) is 1. The number of amidine groups is 1. The number of allylic oxidation sites excluding steroid dienone is 1. The molecule has 3 rings (SSSR count). The van der Waals surface area contributed by atoms with Crippen LogP contribution in [-0.4, -0.2) is 42.8 Å². The van der Waals surface area contributed by atoms with Gasteiger partial charge in [0.25, 0.3) is 5.92 Å². The molecule has 0 spiro atoms. The van der Waals surface area contributed by atoms with Crippen LogP contribution in [0.3, 0.4) is 0 Å². The molecule has 1 saturated carbocycles. The largest absolute Gasteiger partial charge is 0.469 e. The van der Waals surface area contributed by atoms with E-state index in [-0.39, 0.29) is 18.2 Å². The van der Waals surface area contributed by atoms with Crippen molar-refractivity contribution in [3.8, 4) is 0 Å². The van der Waals surface area contributed by atoms with Gasteiger partial charge >= 0.3 is 5.97 Å². The quantitative estimate of drug-likeness (QED) is 0.472. The van der Waals surface area contributed by atoms with Crippen LogP contribution in [-0.2, 0) is 9.53 Å². The van der Waals surface area contributed by atoms with Crippen molar-refractivity contribution in [3.63, 3.8) is 0 Å². The molecule has 5 nitrogen and oxygen atoms in total. The van der Waals surface area contributed by atoms with Crippen molar-refractivity contribution >= 4 is 11.8 Å². The molecule has 2 fully saturated rings. The maximum atomic E-state index is 13.7. The number of rotatable bonds is 3. The number of halogens is 2. The molecule has 0 aromatic rings. The first-order chi connectivity index (χ1) is 10.3. The summed E-state index contributed by atoms with van der Waals surface area (Å²) < 4.78 is 32.0. The number of nitrogens with one attached hydrogen (secondary N) is 1. The van der Waals surface area contributed by atoms with E-state index in [9.17, 15) is 13.6 Å². The molecule has 1 saturated heterocycles. The Morgan fingerprint density at radius 3 is 2.68 bits per heavy atom. The smallest absolute Gasteiger partial charge is 0.305 e. The lowest BCUT2D eigenvalue weighted by molar-refractivity contribution is -0.141. The molecule has 0 aromatic heterocycles. The molecule has 2 aliphatic carbocycles.